The lowest BCUT2D eigenvalue weighted by atomic mass is 10.1. The van der Waals surface area contributed by atoms with Gasteiger partial charge in [0, 0.05) is 11.1 Å². The monoisotopic (exact) mass is 386 g/mol. The van der Waals surface area contributed by atoms with Crippen molar-refractivity contribution in [1.82, 2.24) is 10.0 Å². The first kappa shape index (κ1) is 19.4. The molecular weight excluding hydrogens is 368 g/mol. The number of benzene rings is 1. The fourth-order valence-corrected chi connectivity index (χ4v) is 4.78. The molecule has 2 atom stereocenters. The molecule has 0 radical (unpaired) electrons. The van der Waals surface area contributed by atoms with Crippen LogP contribution in [0.4, 0.5) is 0 Å². The van der Waals surface area contributed by atoms with Gasteiger partial charge in [0.2, 0.25) is 0 Å². The van der Waals surface area contributed by atoms with E-state index in [1.54, 1.807) is 0 Å². The molecule has 1 aliphatic heterocycles. The van der Waals surface area contributed by atoms with E-state index in [0.717, 1.165) is 23.4 Å². The summed E-state index contributed by atoms with van der Waals surface area (Å²) in [6.07, 6.45) is 3.74. The molecule has 1 aromatic rings. The lowest BCUT2D eigenvalue weighted by Gasteiger charge is -2.15. The number of hydrogen-bond acceptors (Lipinski definition) is 6. The van der Waals surface area contributed by atoms with Gasteiger partial charge < -0.3 is 5.32 Å². The maximum absolute atomic E-state index is 12.5. The zero-order chi connectivity index (χ0) is 17.7. The number of amides is 1. The SMILES string of the molecule is C=C1C=C(C(=O)N[C@@H]2CCc3cc(Cl)ccc32)SSNC1C.OO. The Morgan fingerprint density at radius 2 is 2.21 bits per heavy atom. The van der Waals surface area contributed by atoms with Crippen LogP contribution < -0.4 is 10.0 Å². The molecule has 24 heavy (non-hydrogen) atoms. The van der Waals surface area contributed by atoms with Crippen LogP contribution >= 0.6 is 33.4 Å². The third-order valence-corrected chi connectivity index (χ3v) is 6.27. The highest BCUT2D eigenvalue weighted by Gasteiger charge is 2.26. The maximum Gasteiger partial charge on any atom is 0.259 e. The zero-order valence-corrected chi connectivity index (χ0v) is 15.5. The van der Waals surface area contributed by atoms with Crippen LogP contribution in [0.2, 0.25) is 5.02 Å². The number of hydrogen-bond donors (Lipinski definition) is 4. The van der Waals surface area contributed by atoms with Crippen molar-refractivity contribution < 1.29 is 15.3 Å². The summed E-state index contributed by atoms with van der Waals surface area (Å²) >= 11 is 6.03. The van der Waals surface area contributed by atoms with Crippen LogP contribution in [-0.2, 0) is 11.2 Å². The zero-order valence-electron chi connectivity index (χ0n) is 13.1. The number of fused-ring (bicyclic) bond motifs is 1. The lowest BCUT2D eigenvalue weighted by Crippen LogP contribution is -2.27. The van der Waals surface area contributed by atoms with E-state index in [9.17, 15) is 4.79 Å². The van der Waals surface area contributed by atoms with Crippen molar-refractivity contribution in [1.29, 1.82) is 0 Å². The Kier molecular flexibility index (Phi) is 7.21. The fourth-order valence-electron chi connectivity index (χ4n) is 2.60. The molecule has 4 N–H and O–H groups in total. The Bertz CT molecular complexity index is 667. The largest absolute Gasteiger partial charge is 0.345 e. The van der Waals surface area contributed by atoms with E-state index in [1.807, 2.05) is 31.2 Å². The van der Waals surface area contributed by atoms with Gasteiger partial charge in [0.1, 0.15) is 0 Å². The summed E-state index contributed by atoms with van der Waals surface area (Å²) in [5.41, 5.74) is 3.32. The topological polar surface area (TPSA) is 81.6 Å². The second kappa shape index (κ2) is 8.94. The molecule has 0 fully saturated rings. The summed E-state index contributed by atoms with van der Waals surface area (Å²) in [6, 6.07) is 6.12. The highest BCUT2D eigenvalue weighted by atomic mass is 35.5. The van der Waals surface area contributed by atoms with Crippen molar-refractivity contribution in [2.24, 2.45) is 0 Å². The molecule has 1 aromatic carbocycles. The van der Waals surface area contributed by atoms with Gasteiger partial charge in [0.15, 0.2) is 0 Å². The molecule has 0 aromatic heterocycles. The summed E-state index contributed by atoms with van der Waals surface area (Å²) in [6.45, 7) is 6.04. The Morgan fingerprint density at radius 1 is 1.46 bits per heavy atom. The van der Waals surface area contributed by atoms with Crippen molar-refractivity contribution in [3.05, 3.63) is 57.5 Å². The Hall–Kier alpha value is -0.960. The lowest BCUT2D eigenvalue weighted by molar-refractivity contribution is -0.176. The van der Waals surface area contributed by atoms with E-state index in [0.29, 0.717) is 4.91 Å². The first-order valence-electron chi connectivity index (χ1n) is 7.33. The van der Waals surface area contributed by atoms with Crippen LogP contribution in [-0.4, -0.2) is 22.5 Å². The first-order valence-corrected chi connectivity index (χ1v) is 9.86. The molecular formula is C16H19ClN2O3S2. The fraction of sp³-hybridized carbons (Fsp3) is 0.312. The number of aryl methyl sites for hydroxylation is 1. The van der Waals surface area contributed by atoms with Gasteiger partial charge in [-0.15, -0.1) is 0 Å². The average Bonchev–Trinajstić information content (AvgIpc) is 2.88. The molecule has 5 nitrogen and oxygen atoms in total. The number of carbonyl (C=O) groups excluding carboxylic acids is 1. The first-order chi connectivity index (χ1) is 11.5. The average molecular weight is 387 g/mol. The molecule has 3 rings (SSSR count). The normalized spacial score (nSPS) is 22.7. The Morgan fingerprint density at radius 3 is 2.96 bits per heavy atom. The molecule has 0 bridgehead atoms. The number of carbonyl (C=O) groups is 1. The van der Waals surface area contributed by atoms with E-state index in [2.05, 4.69) is 16.6 Å². The predicted octanol–water partition coefficient (Wildman–Crippen LogP) is 4.19. The van der Waals surface area contributed by atoms with Gasteiger partial charge in [-0.3, -0.25) is 15.3 Å². The molecule has 0 spiro atoms. The van der Waals surface area contributed by atoms with Crippen LogP contribution in [0.1, 0.15) is 30.5 Å². The van der Waals surface area contributed by atoms with Crippen molar-refractivity contribution in [3.63, 3.8) is 0 Å². The van der Waals surface area contributed by atoms with Crippen LogP contribution in [0.25, 0.3) is 0 Å². The van der Waals surface area contributed by atoms with E-state index in [-0.39, 0.29) is 18.0 Å². The Labute approximate surface area is 154 Å². The standard InChI is InChI=1S/C16H17ClN2OS2.H2O2/c1-9-7-15(21-22-19-10(9)2)16(20)18-14-6-3-11-8-12(17)4-5-13(11)14;1-2/h4-5,7-8,10,14,19H,1,3,6H2,2H3,(H,18,20);1-2H/t10?,14-;/m1./s1. The molecule has 1 aliphatic carbocycles. The van der Waals surface area contributed by atoms with Crippen LogP contribution in [0.15, 0.2) is 41.3 Å². The minimum Gasteiger partial charge on any atom is -0.345 e. The van der Waals surface area contributed by atoms with Crippen molar-refractivity contribution in [2.45, 2.75) is 31.8 Å². The van der Waals surface area contributed by atoms with Crippen molar-refractivity contribution in [3.8, 4) is 0 Å². The van der Waals surface area contributed by atoms with E-state index in [4.69, 9.17) is 22.1 Å². The molecule has 1 amide bonds. The van der Waals surface area contributed by atoms with E-state index < -0.39 is 0 Å². The molecule has 2 aliphatic rings. The van der Waals surface area contributed by atoms with Gasteiger partial charge >= 0.3 is 0 Å². The summed E-state index contributed by atoms with van der Waals surface area (Å²) < 4.78 is 3.23. The van der Waals surface area contributed by atoms with Gasteiger partial charge in [-0.1, -0.05) is 24.2 Å². The van der Waals surface area contributed by atoms with Crippen molar-refractivity contribution >= 4 is 39.3 Å². The molecule has 1 unspecified atom stereocenters. The van der Waals surface area contributed by atoms with Crippen LogP contribution in [0.5, 0.6) is 0 Å². The molecule has 130 valence electrons. The highest BCUT2D eigenvalue weighted by molar-refractivity contribution is 8.77. The third-order valence-electron chi connectivity index (χ3n) is 3.94. The minimum atomic E-state index is -0.0395. The van der Waals surface area contributed by atoms with Gasteiger partial charge in [-0.05, 0) is 76.4 Å². The van der Waals surface area contributed by atoms with Crippen molar-refractivity contribution in [2.75, 3.05) is 0 Å². The smallest absolute Gasteiger partial charge is 0.259 e. The van der Waals surface area contributed by atoms with Crippen LogP contribution in [0.3, 0.4) is 0 Å². The molecule has 1 heterocycles. The van der Waals surface area contributed by atoms with Gasteiger partial charge in [-0.2, -0.15) is 0 Å². The minimum absolute atomic E-state index is 0.0395. The van der Waals surface area contributed by atoms with Gasteiger partial charge in [0.05, 0.1) is 10.9 Å². The van der Waals surface area contributed by atoms with Gasteiger partial charge in [0.25, 0.3) is 5.91 Å². The summed E-state index contributed by atoms with van der Waals surface area (Å²) in [4.78, 5) is 13.2. The molecule has 0 saturated heterocycles. The second-order valence-corrected chi connectivity index (χ2v) is 7.94. The number of nitrogens with one attached hydrogen (secondary N) is 2. The molecule has 0 saturated carbocycles. The Balaban J connectivity index is 0.00000100. The highest BCUT2D eigenvalue weighted by Crippen LogP contribution is 2.36. The van der Waals surface area contributed by atoms with E-state index >= 15 is 0 Å². The number of halogens is 1. The van der Waals surface area contributed by atoms with Crippen LogP contribution in [0, 0.1) is 0 Å². The molecule has 8 heteroatoms. The quantitative estimate of drug-likeness (QED) is 0.264. The summed E-state index contributed by atoms with van der Waals surface area (Å²) in [7, 11) is 2.91. The van der Waals surface area contributed by atoms with E-state index in [1.165, 1.54) is 32.9 Å². The predicted molar refractivity (Wildman–Crippen MR) is 101 cm³/mol. The number of rotatable bonds is 2. The summed E-state index contributed by atoms with van der Waals surface area (Å²) in [5, 5.41) is 15.9. The maximum atomic E-state index is 12.5. The third kappa shape index (κ3) is 4.56. The van der Waals surface area contributed by atoms with Gasteiger partial charge in [-0.25, -0.2) is 4.72 Å². The summed E-state index contributed by atoms with van der Waals surface area (Å²) in [5.74, 6) is -0.0395. The second-order valence-electron chi connectivity index (χ2n) is 5.50.